The summed E-state index contributed by atoms with van der Waals surface area (Å²) >= 11 is 0. The van der Waals surface area contributed by atoms with Gasteiger partial charge in [0.15, 0.2) is 0 Å². The van der Waals surface area contributed by atoms with Gasteiger partial charge < -0.3 is 18.8 Å². The first-order valence-corrected chi connectivity index (χ1v) is 12.3. The molecule has 7 nitrogen and oxygen atoms in total. The summed E-state index contributed by atoms with van der Waals surface area (Å²) in [6, 6.07) is 7.84. The second-order valence-electron chi connectivity index (χ2n) is 8.68. The Kier molecular flexibility index (Phi) is 9.86. The predicted molar refractivity (Wildman–Crippen MR) is 145 cm³/mol. The van der Waals surface area contributed by atoms with Crippen LogP contribution < -0.4 is 4.74 Å². The van der Waals surface area contributed by atoms with Crippen LogP contribution in [-0.2, 0) is 30.8 Å². The number of carbonyl (C=O) groups is 1. The van der Waals surface area contributed by atoms with Gasteiger partial charge in [-0.3, -0.25) is 4.79 Å². The number of amides is 1. The van der Waals surface area contributed by atoms with Crippen LogP contribution in [0.4, 0.5) is 0 Å². The van der Waals surface area contributed by atoms with Gasteiger partial charge in [-0.25, -0.2) is 9.97 Å². The van der Waals surface area contributed by atoms with Gasteiger partial charge in [-0.05, 0) is 39.3 Å². The number of para-hydroxylation sites is 1. The molecular formula is C29H37N5O2. The van der Waals surface area contributed by atoms with Crippen molar-refractivity contribution in [2.45, 2.75) is 53.2 Å². The van der Waals surface area contributed by atoms with Crippen molar-refractivity contribution in [1.29, 1.82) is 0 Å². The molecule has 7 heteroatoms. The van der Waals surface area contributed by atoms with Gasteiger partial charge in [0.25, 0.3) is 0 Å². The summed E-state index contributed by atoms with van der Waals surface area (Å²) in [7, 11) is 1.66. The number of allylic oxidation sites excluding steroid dienone is 4. The molecule has 0 aliphatic heterocycles. The van der Waals surface area contributed by atoms with Gasteiger partial charge in [0.05, 0.1) is 32.1 Å². The molecule has 0 aliphatic carbocycles. The lowest BCUT2D eigenvalue weighted by Gasteiger charge is -2.22. The molecule has 3 rings (SSSR count). The van der Waals surface area contributed by atoms with E-state index in [2.05, 4.69) is 29.1 Å². The van der Waals surface area contributed by atoms with Crippen LogP contribution >= 0.6 is 0 Å². The number of aryl methyl sites for hydroxylation is 1. The Bertz CT molecular complexity index is 1220. The van der Waals surface area contributed by atoms with E-state index in [4.69, 9.17) is 9.72 Å². The fourth-order valence-corrected chi connectivity index (χ4v) is 3.91. The fourth-order valence-electron chi connectivity index (χ4n) is 3.91. The average molecular weight is 488 g/mol. The second kappa shape index (κ2) is 13.3. The number of methoxy groups -OCH3 is 1. The van der Waals surface area contributed by atoms with Crippen molar-refractivity contribution in [3.63, 3.8) is 0 Å². The molecule has 0 unspecified atom stereocenters. The number of rotatable bonds is 13. The summed E-state index contributed by atoms with van der Waals surface area (Å²) in [6.07, 6.45) is 14.6. The maximum atomic E-state index is 13.5. The first kappa shape index (κ1) is 26.7. The molecule has 2 aromatic heterocycles. The summed E-state index contributed by atoms with van der Waals surface area (Å²) in [5.74, 6) is 1.63. The summed E-state index contributed by atoms with van der Waals surface area (Å²) in [5, 5.41) is 0. The minimum Gasteiger partial charge on any atom is -0.496 e. The molecule has 36 heavy (non-hydrogen) atoms. The van der Waals surface area contributed by atoms with Crippen molar-refractivity contribution in [3.8, 4) is 17.0 Å². The molecule has 0 atom stereocenters. The highest BCUT2D eigenvalue weighted by Gasteiger charge is 2.20. The van der Waals surface area contributed by atoms with Gasteiger partial charge >= 0.3 is 0 Å². The quantitative estimate of drug-likeness (QED) is 0.301. The Labute approximate surface area is 214 Å². The van der Waals surface area contributed by atoms with Crippen molar-refractivity contribution in [2.75, 3.05) is 13.7 Å². The zero-order chi connectivity index (χ0) is 25.9. The number of benzene rings is 1. The van der Waals surface area contributed by atoms with Crippen molar-refractivity contribution < 1.29 is 9.53 Å². The van der Waals surface area contributed by atoms with Gasteiger partial charge in [0.2, 0.25) is 5.91 Å². The Hall–Kier alpha value is -3.87. The molecule has 0 spiro atoms. The van der Waals surface area contributed by atoms with Crippen LogP contribution in [0.2, 0.25) is 0 Å². The van der Waals surface area contributed by atoms with E-state index >= 15 is 0 Å². The van der Waals surface area contributed by atoms with E-state index in [-0.39, 0.29) is 12.3 Å². The highest BCUT2D eigenvalue weighted by Crippen LogP contribution is 2.29. The molecule has 2 heterocycles. The second-order valence-corrected chi connectivity index (χ2v) is 8.68. The van der Waals surface area contributed by atoms with Gasteiger partial charge in [-0.2, -0.15) is 0 Å². The Morgan fingerprint density at radius 2 is 2.03 bits per heavy atom. The molecule has 0 aliphatic rings. The summed E-state index contributed by atoms with van der Waals surface area (Å²) in [5.41, 5.74) is 3.87. The molecule has 0 saturated carbocycles. The van der Waals surface area contributed by atoms with Crippen LogP contribution in [-0.4, -0.2) is 43.6 Å². The van der Waals surface area contributed by atoms with Crippen LogP contribution in [0.25, 0.3) is 11.3 Å². The van der Waals surface area contributed by atoms with Gasteiger partial charge in [-0.15, -0.1) is 6.58 Å². The lowest BCUT2D eigenvalue weighted by molar-refractivity contribution is -0.130. The number of hydrogen-bond acceptors (Lipinski definition) is 4. The molecule has 0 N–H and O–H groups in total. The largest absolute Gasteiger partial charge is 0.496 e. The number of hydrogen-bond donors (Lipinski definition) is 0. The van der Waals surface area contributed by atoms with Crippen LogP contribution in [0.5, 0.6) is 5.75 Å². The zero-order valence-corrected chi connectivity index (χ0v) is 21.9. The Balaban J connectivity index is 1.89. The predicted octanol–water partition coefficient (Wildman–Crippen LogP) is 5.44. The summed E-state index contributed by atoms with van der Waals surface area (Å²) in [4.78, 5) is 24.6. The lowest BCUT2D eigenvalue weighted by atomic mass is 10.1. The van der Waals surface area contributed by atoms with E-state index in [0.29, 0.717) is 13.1 Å². The van der Waals surface area contributed by atoms with Crippen LogP contribution in [0, 0.1) is 0 Å². The molecule has 1 amide bonds. The average Bonchev–Trinajstić information content (AvgIpc) is 3.51. The SMILES string of the molecule is C=CCCn1cc(-c2ccccc2OC)nc1CN(C/C=C\C)C(=O)Cc1cncn1C/C(C)=C/C. The van der Waals surface area contributed by atoms with Crippen LogP contribution in [0.1, 0.15) is 38.7 Å². The molecular weight excluding hydrogens is 450 g/mol. The van der Waals surface area contributed by atoms with Crippen molar-refractivity contribution >= 4 is 5.91 Å². The third kappa shape index (κ3) is 6.84. The number of ether oxygens (including phenoxy) is 1. The molecule has 0 radical (unpaired) electrons. The van der Waals surface area contributed by atoms with Crippen LogP contribution in [0.3, 0.4) is 0 Å². The lowest BCUT2D eigenvalue weighted by Crippen LogP contribution is -2.33. The van der Waals surface area contributed by atoms with Crippen molar-refractivity contribution in [2.24, 2.45) is 0 Å². The minimum absolute atomic E-state index is 0.0325. The fraction of sp³-hybridized carbons (Fsp3) is 0.345. The zero-order valence-electron chi connectivity index (χ0n) is 21.9. The molecule has 0 fully saturated rings. The highest BCUT2D eigenvalue weighted by molar-refractivity contribution is 5.78. The van der Waals surface area contributed by atoms with Crippen molar-refractivity contribution in [3.05, 3.63) is 91.0 Å². The molecule has 0 saturated heterocycles. The molecule has 0 bridgehead atoms. The molecule has 3 aromatic rings. The monoisotopic (exact) mass is 487 g/mol. The van der Waals surface area contributed by atoms with Gasteiger partial charge in [0, 0.05) is 43.3 Å². The molecule has 190 valence electrons. The van der Waals surface area contributed by atoms with E-state index < -0.39 is 0 Å². The third-order valence-corrected chi connectivity index (χ3v) is 6.11. The summed E-state index contributed by atoms with van der Waals surface area (Å²) < 4.78 is 9.70. The van der Waals surface area contributed by atoms with E-state index in [9.17, 15) is 4.79 Å². The molecule has 1 aromatic carbocycles. The van der Waals surface area contributed by atoms with E-state index in [1.54, 1.807) is 19.6 Å². The van der Waals surface area contributed by atoms with Gasteiger partial charge in [0.1, 0.15) is 11.6 Å². The Morgan fingerprint density at radius 1 is 1.22 bits per heavy atom. The van der Waals surface area contributed by atoms with Crippen LogP contribution in [0.15, 0.2) is 79.4 Å². The third-order valence-electron chi connectivity index (χ3n) is 6.11. The smallest absolute Gasteiger partial charge is 0.229 e. The first-order chi connectivity index (χ1) is 17.5. The maximum Gasteiger partial charge on any atom is 0.229 e. The Morgan fingerprint density at radius 3 is 2.75 bits per heavy atom. The minimum atomic E-state index is 0.0325. The number of aromatic nitrogens is 4. The maximum absolute atomic E-state index is 13.5. The topological polar surface area (TPSA) is 65.2 Å². The standard InChI is InChI=1S/C29H37N5O2/c1-6-9-15-32-20-26(25-13-11-12-14-27(25)36-5)31-28(32)21-33(16-10-7-2)29(35)17-24-18-30-22-34(24)19-23(4)8-3/h6-8,10-14,18,20,22H,1,9,15-17,19,21H2,2-5H3/b10-7-,23-8+. The van der Waals surface area contributed by atoms with E-state index in [1.165, 1.54) is 5.57 Å². The number of imidazole rings is 2. The van der Waals surface area contributed by atoms with Crippen molar-refractivity contribution in [1.82, 2.24) is 24.0 Å². The number of carbonyl (C=O) groups excluding carboxylic acids is 1. The van der Waals surface area contributed by atoms with Gasteiger partial charge in [-0.1, -0.05) is 42.0 Å². The van der Waals surface area contributed by atoms with E-state index in [0.717, 1.165) is 48.0 Å². The normalized spacial score (nSPS) is 11.7. The number of nitrogens with zero attached hydrogens (tertiary/aromatic N) is 5. The highest BCUT2D eigenvalue weighted by atomic mass is 16.5. The van der Waals surface area contributed by atoms with E-state index in [1.807, 2.05) is 72.0 Å². The summed E-state index contributed by atoms with van der Waals surface area (Å²) in [6.45, 7) is 12.3. The first-order valence-electron chi connectivity index (χ1n) is 12.3.